The Morgan fingerprint density at radius 3 is 2.74 bits per heavy atom. The van der Waals surface area contributed by atoms with Gasteiger partial charge in [0, 0.05) is 19.8 Å². The minimum atomic E-state index is -0.631. The fraction of sp³-hybridized carbons (Fsp3) is 0.429. The number of rotatable bonds is 5. The summed E-state index contributed by atoms with van der Waals surface area (Å²) in [6.07, 6.45) is 0.642. The van der Waals surface area contributed by atoms with Crippen LogP contribution in [0.3, 0.4) is 0 Å². The van der Waals surface area contributed by atoms with Crippen LogP contribution in [0.2, 0.25) is 0 Å². The van der Waals surface area contributed by atoms with E-state index in [9.17, 15) is 14.0 Å². The molecule has 0 unspecified atom stereocenters. The number of Topliss-reactive ketones (excluding diaryl/α,β-unsaturated/α-hetero) is 1. The zero-order valence-electron chi connectivity index (χ0n) is 11.0. The molecule has 0 saturated carbocycles. The number of carbonyl (C=O) groups is 2. The van der Waals surface area contributed by atoms with Crippen molar-refractivity contribution in [2.24, 2.45) is 0 Å². The first-order valence-electron chi connectivity index (χ1n) is 6.30. The molecule has 0 aliphatic carbocycles. The van der Waals surface area contributed by atoms with Crippen molar-refractivity contribution < 1.29 is 18.7 Å². The van der Waals surface area contributed by atoms with Crippen LogP contribution < -0.4 is 4.90 Å². The van der Waals surface area contributed by atoms with Crippen LogP contribution in [0.4, 0.5) is 10.1 Å². The summed E-state index contributed by atoms with van der Waals surface area (Å²) in [4.78, 5) is 25.1. The average molecular weight is 265 g/mol. The number of ketones is 1. The summed E-state index contributed by atoms with van der Waals surface area (Å²) < 4.78 is 18.5. The second kappa shape index (κ2) is 5.48. The number of anilines is 1. The van der Waals surface area contributed by atoms with E-state index in [-0.39, 0.29) is 5.56 Å². The van der Waals surface area contributed by atoms with Crippen LogP contribution in [0.1, 0.15) is 29.3 Å². The average Bonchev–Trinajstić information content (AvgIpc) is 2.60. The highest BCUT2D eigenvalue weighted by molar-refractivity contribution is 6.52. The van der Waals surface area contributed by atoms with Crippen molar-refractivity contribution >= 4 is 17.4 Å². The Bertz CT molecular complexity index is 528. The van der Waals surface area contributed by atoms with Crippen LogP contribution in [-0.4, -0.2) is 31.4 Å². The number of ether oxygens (including phenoxy) is 1. The Morgan fingerprint density at radius 1 is 1.32 bits per heavy atom. The molecule has 0 radical (unpaired) electrons. The van der Waals surface area contributed by atoms with Crippen LogP contribution in [0.15, 0.2) is 12.1 Å². The molecule has 5 heteroatoms. The third-order valence-corrected chi connectivity index (χ3v) is 3.09. The van der Waals surface area contributed by atoms with Crippen LogP contribution in [0, 0.1) is 12.7 Å². The summed E-state index contributed by atoms with van der Waals surface area (Å²) >= 11 is 0. The number of hydrogen-bond donors (Lipinski definition) is 0. The Labute approximate surface area is 111 Å². The highest BCUT2D eigenvalue weighted by atomic mass is 19.1. The van der Waals surface area contributed by atoms with E-state index in [0.717, 1.165) is 6.07 Å². The van der Waals surface area contributed by atoms with Gasteiger partial charge in [-0.05, 0) is 38.0 Å². The van der Waals surface area contributed by atoms with E-state index in [2.05, 4.69) is 0 Å². The quantitative estimate of drug-likeness (QED) is 0.605. The zero-order chi connectivity index (χ0) is 14.0. The van der Waals surface area contributed by atoms with Gasteiger partial charge in [0.1, 0.15) is 5.82 Å². The van der Waals surface area contributed by atoms with Gasteiger partial charge in [-0.25, -0.2) is 4.39 Å². The Hall–Kier alpha value is -1.75. The molecule has 19 heavy (non-hydrogen) atoms. The molecule has 0 fully saturated rings. The van der Waals surface area contributed by atoms with E-state index in [1.807, 2.05) is 6.92 Å². The van der Waals surface area contributed by atoms with Gasteiger partial charge >= 0.3 is 0 Å². The van der Waals surface area contributed by atoms with Gasteiger partial charge in [-0.15, -0.1) is 0 Å². The molecular formula is C14H16FNO3. The van der Waals surface area contributed by atoms with Crippen molar-refractivity contribution in [2.45, 2.75) is 20.3 Å². The second-order valence-electron chi connectivity index (χ2n) is 4.46. The standard InChI is InChI=1S/C14H16FNO3/c1-3-19-6-4-5-16-12-9(2)7-10(15)8-11(12)13(17)14(16)18/h7-8H,3-6H2,1-2H3. The number of nitrogens with zero attached hydrogens (tertiary/aromatic N) is 1. The largest absolute Gasteiger partial charge is 0.382 e. The van der Waals surface area contributed by atoms with E-state index in [1.165, 1.54) is 11.0 Å². The maximum atomic E-state index is 13.3. The minimum absolute atomic E-state index is 0.166. The van der Waals surface area contributed by atoms with Gasteiger partial charge in [0.05, 0.1) is 11.3 Å². The predicted octanol–water partition coefficient (Wildman–Crippen LogP) is 2.09. The normalized spacial score (nSPS) is 14.2. The van der Waals surface area contributed by atoms with E-state index < -0.39 is 17.5 Å². The van der Waals surface area contributed by atoms with Crippen LogP contribution in [-0.2, 0) is 9.53 Å². The lowest BCUT2D eigenvalue weighted by Gasteiger charge is -2.18. The Kier molecular flexibility index (Phi) is 3.95. The number of aryl methyl sites for hydroxylation is 1. The van der Waals surface area contributed by atoms with Crippen molar-refractivity contribution in [2.75, 3.05) is 24.7 Å². The smallest absolute Gasteiger partial charge is 0.299 e. The lowest BCUT2D eigenvalue weighted by Crippen LogP contribution is -2.31. The van der Waals surface area contributed by atoms with Crippen molar-refractivity contribution in [1.82, 2.24) is 0 Å². The number of benzene rings is 1. The predicted molar refractivity (Wildman–Crippen MR) is 68.9 cm³/mol. The first kappa shape index (κ1) is 13.7. The van der Waals surface area contributed by atoms with Crippen molar-refractivity contribution in [3.8, 4) is 0 Å². The van der Waals surface area contributed by atoms with Gasteiger partial charge in [-0.3, -0.25) is 9.59 Å². The third-order valence-electron chi connectivity index (χ3n) is 3.09. The Morgan fingerprint density at radius 2 is 2.05 bits per heavy atom. The summed E-state index contributed by atoms with van der Waals surface area (Å²) in [7, 11) is 0. The molecule has 0 N–H and O–H groups in total. The van der Waals surface area contributed by atoms with Crippen molar-refractivity contribution in [3.05, 3.63) is 29.1 Å². The molecule has 2 rings (SSSR count). The summed E-state index contributed by atoms with van der Waals surface area (Å²) in [5.74, 6) is -1.71. The molecule has 1 aromatic rings. The summed E-state index contributed by atoms with van der Waals surface area (Å²) in [5.41, 5.74) is 1.30. The molecule has 102 valence electrons. The topological polar surface area (TPSA) is 46.6 Å². The first-order valence-corrected chi connectivity index (χ1v) is 6.30. The molecule has 1 aromatic carbocycles. The molecule has 0 atom stereocenters. The number of carbonyl (C=O) groups excluding carboxylic acids is 2. The molecular weight excluding hydrogens is 249 g/mol. The maximum Gasteiger partial charge on any atom is 0.299 e. The summed E-state index contributed by atoms with van der Waals surface area (Å²) in [6, 6.07) is 2.46. The third kappa shape index (κ3) is 2.51. The van der Waals surface area contributed by atoms with Gasteiger partial charge in [0.15, 0.2) is 0 Å². The molecule has 4 nitrogen and oxygen atoms in total. The van der Waals surface area contributed by atoms with Gasteiger partial charge < -0.3 is 9.64 Å². The Balaban J connectivity index is 2.23. The van der Waals surface area contributed by atoms with Crippen molar-refractivity contribution in [3.63, 3.8) is 0 Å². The highest BCUT2D eigenvalue weighted by Gasteiger charge is 2.36. The van der Waals surface area contributed by atoms with E-state index in [1.54, 1.807) is 6.92 Å². The lowest BCUT2D eigenvalue weighted by molar-refractivity contribution is -0.114. The second-order valence-corrected chi connectivity index (χ2v) is 4.46. The number of fused-ring (bicyclic) bond motifs is 1. The minimum Gasteiger partial charge on any atom is -0.382 e. The van der Waals surface area contributed by atoms with E-state index >= 15 is 0 Å². The van der Waals surface area contributed by atoms with Crippen molar-refractivity contribution in [1.29, 1.82) is 0 Å². The molecule has 0 aromatic heterocycles. The number of halogens is 1. The fourth-order valence-corrected chi connectivity index (χ4v) is 2.29. The summed E-state index contributed by atoms with van der Waals surface area (Å²) in [5, 5.41) is 0. The number of hydrogen-bond acceptors (Lipinski definition) is 3. The monoisotopic (exact) mass is 265 g/mol. The van der Waals surface area contributed by atoms with Gasteiger partial charge in [-0.2, -0.15) is 0 Å². The number of amides is 1. The van der Waals surface area contributed by atoms with E-state index in [0.29, 0.717) is 37.4 Å². The maximum absolute atomic E-state index is 13.3. The lowest BCUT2D eigenvalue weighted by atomic mass is 10.1. The summed E-state index contributed by atoms with van der Waals surface area (Å²) in [6.45, 7) is 5.15. The van der Waals surface area contributed by atoms with Crippen LogP contribution in [0.25, 0.3) is 0 Å². The van der Waals surface area contributed by atoms with Gasteiger partial charge in [0.25, 0.3) is 11.7 Å². The molecule has 0 spiro atoms. The SMILES string of the molecule is CCOCCCN1C(=O)C(=O)c2cc(F)cc(C)c21. The fourth-order valence-electron chi connectivity index (χ4n) is 2.29. The molecule has 0 bridgehead atoms. The molecule has 1 aliphatic rings. The zero-order valence-corrected chi connectivity index (χ0v) is 11.0. The van der Waals surface area contributed by atoms with Gasteiger partial charge in [0.2, 0.25) is 0 Å². The molecule has 1 heterocycles. The van der Waals surface area contributed by atoms with Crippen LogP contribution >= 0.6 is 0 Å². The molecule has 0 saturated heterocycles. The molecule has 1 aliphatic heterocycles. The first-order chi connectivity index (χ1) is 9.06. The van der Waals surface area contributed by atoms with Gasteiger partial charge in [-0.1, -0.05) is 0 Å². The van der Waals surface area contributed by atoms with E-state index in [4.69, 9.17) is 4.74 Å². The van der Waals surface area contributed by atoms with Crippen LogP contribution in [0.5, 0.6) is 0 Å². The molecule has 1 amide bonds. The highest BCUT2D eigenvalue weighted by Crippen LogP contribution is 2.33.